The topological polar surface area (TPSA) is 111 Å². The van der Waals surface area contributed by atoms with E-state index in [9.17, 15) is 4.39 Å². The van der Waals surface area contributed by atoms with Gasteiger partial charge in [0.2, 0.25) is 0 Å². The first kappa shape index (κ1) is 22.4. The van der Waals surface area contributed by atoms with E-state index in [1.807, 2.05) is 55.7 Å². The third kappa shape index (κ3) is 4.34. The molecule has 0 spiro atoms. The van der Waals surface area contributed by atoms with Gasteiger partial charge in [0.25, 0.3) is 0 Å². The predicted molar refractivity (Wildman–Crippen MR) is 133 cm³/mol. The van der Waals surface area contributed by atoms with Gasteiger partial charge in [-0.05, 0) is 54.8 Å². The van der Waals surface area contributed by atoms with Gasteiger partial charge in [-0.15, -0.1) is 0 Å². The molecule has 10 nitrogen and oxygen atoms in total. The number of ether oxygens (including phenoxy) is 1. The number of piperidine rings is 1. The minimum Gasteiger partial charge on any atom is -0.457 e. The Morgan fingerprint density at radius 2 is 1.92 bits per heavy atom. The number of aryl methyl sites for hydroxylation is 1. The maximum absolute atomic E-state index is 14.2. The lowest BCUT2D eigenvalue weighted by Gasteiger charge is -2.32. The molecule has 0 bridgehead atoms. The molecule has 1 fully saturated rings. The SMILES string of the molecule is Cc1cc(Nc2ncnn3ccc(CN4CC[C@H](N)[C@@H](F)C4)c23)ccc1Oc1ccn2ncnc2c1. The maximum atomic E-state index is 14.2. The summed E-state index contributed by atoms with van der Waals surface area (Å²) in [6.45, 7) is 3.69. The summed E-state index contributed by atoms with van der Waals surface area (Å²) in [5, 5.41) is 11.9. The van der Waals surface area contributed by atoms with Gasteiger partial charge in [-0.1, -0.05) is 0 Å². The first-order chi connectivity index (χ1) is 17.5. The van der Waals surface area contributed by atoms with Crippen LogP contribution in [0.3, 0.4) is 0 Å². The molecule has 2 atom stereocenters. The quantitative estimate of drug-likeness (QED) is 0.375. The normalized spacial score (nSPS) is 18.6. The van der Waals surface area contributed by atoms with Gasteiger partial charge >= 0.3 is 0 Å². The summed E-state index contributed by atoms with van der Waals surface area (Å²) in [6, 6.07) is 11.2. The van der Waals surface area contributed by atoms with E-state index in [1.165, 1.54) is 12.7 Å². The van der Waals surface area contributed by atoms with Crippen LogP contribution in [0.2, 0.25) is 0 Å². The zero-order valence-electron chi connectivity index (χ0n) is 19.8. The molecule has 4 aromatic heterocycles. The van der Waals surface area contributed by atoms with Crippen molar-refractivity contribution >= 4 is 22.7 Å². The van der Waals surface area contributed by atoms with E-state index in [0.717, 1.165) is 34.6 Å². The second kappa shape index (κ2) is 9.17. The van der Waals surface area contributed by atoms with Crippen molar-refractivity contribution in [3.63, 3.8) is 0 Å². The van der Waals surface area contributed by atoms with Crippen molar-refractivity contribution in [3.05, 3.63) is 72.6 Å². The van der Waals surface area contributed by atoms with E-state index in [4.69, 9.17) is 10.5 Å². The predicted octanol–water partition coefficient (Wildman–Crippen LogP) is 3.49. The Balaban J connectivity index is 1.22. The monoisotopic (exact) mass is 487 g/mol. The summed E-state index contributed by atoms with van der Waals surface area (Å²) in [4.78, 5) is 10.8. The number of benzene rings is 1. The van der Waals surface area contributed by atoms with Crippen LogP contribution in [0.1, 0.15) is 17.5 Å². The van der Waals surface area contributed by atoms with Crippen LogP contribution in [0.25, 0.3) is 11.2 Å². The smallest absolute Gasteiger partial charge is 0.158 e. The molecular weight excluding hydrogens is 461 g/mol. The molecule has 36 heavy (non-hydrogen) atoms. The molecule has 0 unspecified atom stereocenters. The number of anilines is 2. The lowest BCUT2D eigenvalue weighted by atomic mass is 10.0. The molecular formula is C25H26FN9O. The second-order valence-corrected chi connectivity index (χ2v) is 9.08. The van der Waals surface area contributed by atoms with Crippen molar-refractivity contribution in [3.8, 4) is 11.5 Å². The largest absolute Gasteiger partial charge is 0.457 e. The van der Waals surface area contributed by atoms with Gasteiger partial charge in [0.15, 0.2) is 11.5 Å². The number of alkyl halides is 1. The summed E-state index contributed by atoms with van der Waals surface area (Å²) < 4.78 is 23.7. The van der Waals surface area contributed by atoms with Crippen molar-refractivity contribution < 1.29 is 9.13 Å². The third-order valence-electron chi connectivity index (χ3n) is 6.52. The molecule has 184 valence electrons. The van der Waals surface area contributed by atoms with E-state index < -0.39 is 6.17 Å². The Labute approximate surface area is 206 Å². The molecule has 0 aliphatic carbocycles. The molecule has 1 aliphatic rings. The van der Waals surface area contributed by atoms with Crippen molar-refractivity contribution in [1.29, 1.82) is 0 Å². The van der Waals surface area contributed by atoms with Crippen LogP contribution in [0.4, 0.5) is 15.9 Å². The molecule has 1 saturated heterocycles. The Morgan fingerprint density at radius 3 is 2.78 bits per heavy atom. The summed E-state index contributed by atoms with van der Waals surface area (Å²) in [7, 11) is 0. The fraction of sp³-hybridized carbons (Fsp3) is 0.280. The number of fused-ring (bicyclic) bond motifs is 2. The van der Waals surface area contributed by atoms with Gasteiger partial charge in [0.05, 0.1) is 0 Å². The number of pyridine rings is 1. The fourth-order valence-electron chi connectivity index (χ4n) is 4.57. The van der Waals surface area contributed by atoms with E-state index in [-0.39, 0.29) is 6.04 Å². The van der Waals surface area contributed by atoms with Gasteiger partial charge in [0.1, 0.15) is 35.8 Å². The van der Waals surface area contributed by atoms with Crippen LogP contribution < -0.4 is 15.8 Å². The van der Waals surface area contributed by atoms with Crippen LogP contribution in [-0.2, 0) is 6.54 Å². The van der Waals surface area contributed by atoms with Crippen molar-refractivity contribution in [2.24, 2.45) is 5.73 Å². The third-order valence-corrected chi connectivity index (χ3v) is 6.52. The number of nitrogens with zero attached hydrogens (tertiary/aromatic N) is 7. The highest BCUT2D eigenvalue weighted by atomic mass is 19.1. The average Bonchev–Trinajstić information content (AvgIpc) is 3.50. The van der Waals surface area contributed by atoms with E-state index >= 15 is 0 Å². The lowest BCUT2D eigenvalue weighted by molar-refractivity contribution is 0.114. The van der Waals surface area contributed by atoms with Crippen molar-refractivity contribution in [2.45, 2.75) is 32.1 Å². The van der Waals surface area contributed by atoms with Crippen LogP contribution in [0.5, 0.6) is 11.5 Å². The van der Waals surface area contributed by atoms with E-state index in [1.54, 1.807) is 9.03 Å². The lowest BCUT2D eigenvalue weighted by Crippen LogP contribution is -2.48. The molecule has 0 amide bonds. The van der Waals surface area contributed by atoms with Crippen molar-refractivity contribution in [1.82, 2.24) is 34.1 Å². The summed E-state index contributed by atoms with van der Waals surface area (Å²) in [5.41, 5.74) is 10.3. The molecule has 1 aliphatic heterocycles. The number of nitrogens with one attached hydrogen (secondary N) is 1. The van der Waals surface area contributed by atoms with Gasteiger partial charge in [0, 0.05) is 49.8 Å². The Kier molecular flexibility index (Phi) is 5.70. The van der Waals surface area contributed by atoms with Gasteiger partial charge in [-0.25, -0.2) is 23.4 Å². The fourth-order valence-corrected chi connectivity index (χ4v) is 4.57. The molecule has 0 saturated carbocycles. The van der Waals surface area contributed by atoms with Crippen LogP contribution in [-0.4, -0.2) is 59.4 Å². The van der Waals surface area contributed by atoms with E-state index in [0.29, 0.717) is 36.7 Å². The number of aromatic nitrogens is 6. The first-order valence-corrected chi connectivity index (χ1v) is 11.8. The van der Waals surface area contributed by atoms with E-state index in [2.05, 4.69) is 30.4 Å². The average molecular weight is 488 g/mol. The molecule has 6 rings (SSSR count). The highest BCUT2D eigenvalue weighted by molar-refractivity contribution is 5.76. The minimum absolute atomic E-state index is 0.333. The molecule has 1 aromatic carbocycles. The Hall–Kier alpha value is -4.09. The van der Waals surface area contributed by atoms with Crippen LogP contribution in [0.15, 0.2) is 61.4 Å². The molecule has 3 N–H and O–H groups in total. The van der Waals surface area contributed by atoms with Crippen molar-refractivity contribution in [2.75, 3.05) is 18.4 Å². The molecule has 5 heterocycles. The number of likely N-dealkylation sites (tertiary alicyclic amines) is 1. The summed E-state index contributed by atoms with van der Waals surface area (Å²) >= 11 is 0. The Morgan fingerprint density at radius 1 is 1.08 bits per heavy atom. The van der Waals surface area contributed by atoms with Gasteiger partial charge < -0.3 is 15.8 Å². The van der Waals surface area contributed by atoms with Gasteiger partial charge in [-0.3, -0.25) is 4.90 Å². The van der Waals surface area contributed by atoms with Crippen LogP contribution >= 0.6 is 0 Å². The standard InChI is InChI=1S/C25H26FN9O/c1-16-10-18(2-3-22(16)36-19-5-9-34-23(11-19)28-14-30-34)32-25-24-17(4-8-35(24)31-15-29-25)12-33-7-6-21(27)20(26)13-33/h2-5,8-11,14-15,20-21H,6-7,12-13,27H2,1H3,(H,29,31,32)/t20-,21-/m0/s1. The zero-order valence-corrected chi connectivity index (χ0v) is 19.8. The number of rotatable bonds is 6. The van der Waals surface area contributed by atoms with Gasteiger partial charge in [-0.2, -0.15) is 10.2 Å². The highest BCUT2D eigenvalue weighted by Crippen LogP contribution is 2.30. The zero-order chi connectivity index (χ0) is 24.6. The number of nitrogens with two attached hydrogens (primary N) is 1. The summed E-state index contributed by atoms with van der Waals surface area (Å²) in [5.74, 6) is 2.11. The summed E-state index contributed by atoms with van der Waals surface area (Å²) in [6.07, 6.45) is 6.37. The first-order valence-electron chi connectivity index (χ1n) is 11.8. The maximum Gasteiger partial charge on any atom is 0.158 e. The number of halogens is 1. The number of hydrogen-bond acceptors (Lipinski definition) is 8. The minimum atomic E-state index is -1.01. The molecule has 0 radical (unpaired) electrons. The van der Waals surface area contributed by atoms with Crippen LogP contribution in [0, 0.1) is 6.92 Å². The molecule has 11 heteroatoms. The Bertz CT molecular complexity index is 1530. The second-order valence-electron chi connectivity index (χ2n) is 9.08. The molecule has 5 aromatic rings. The highest BCUT2D eigenvalue weighted by Gasteiger charge is 2.27. The number of hydrogen-bond donors (Lipinski definition) is 2.